The summed E-state index contributed by atoms with van der Waals surface area (Å²) in [6, 6.07) is 11.4. The third kappa shape index (κ3) is 8.15. The third-order valence-electron chi connectivity index (χ3n) is 4.81. The number of rotatable bonds is 11. The first-order chi connectivity index (χ1) is 16.2. The van der Waals surface area contributed by atoms with Gasteiger partial charge in [-0.15, -0.1) is 0 Å². The Morgan fingerprint density at radius 2 is 1.49 bits per heavy atom. The van der Waals surface area contributed by atoms with E-state index in [1.54, 1.807) is 0 Å². The topological polar surface area (TPSA) is 93.1 Å². The molecule has 2 rings (SSSR count). The number of ketones is 1. The fourth-order valence-electron chi connectivity index (χ4n) is 2.61. The molecule has 0 aliphatic carbocycles. The molecule has 6 nitrogen and oxygen atoms in total. The summed E-state index contributed by atoms with van der Waals surface area (Å²) < 4.78 is 72.4. The van der Waals surface area contributed by atoms with Crippen molar-refractivity contribution in [3.63, 3.8) is 0 Å². The summed E-state index contributed by atoms with van der Waals surface area (Å²) in [5.41, 5.74) is 0.711. The van der Waals surface area contributed by atoms with Crippen LogP contribution in [0.1, 0.15) is 42.1 Å². The summed E-state index contributed by atoms with van der Waals surface area (Å²) in [7, 11) is 0. The van der Waals surface area contributed by atoms with Gasteiger partial charge in [-0.05, 0) is 54.5 Å². The number of benzene rings is 2. The molecule has 35 heavy (non-hydrogen) atoms. The molecule has 2 N–H and O–H groups in total. The Morgan fingerprint density at radius 3 is 2.03 bits per heavy atom. The average molecular weight is 502 g/mol. The second-order valence-corrected chi connectivity index (χ2v) is 7.50. The summed E-state index contributed by atoms with van der Waals surface area (Å²) >= 11 is 0. The van der Waals surface area contributed by atoms with Crippen molar-refractivity contribution in [3.05, 3.63) is 65.7 Å². The van der Waals surface area contributed by atoms with Crippen LogP contribution in [0.15, 0.2) is 54.6 Å². The van der Waals surface area contributed by atoms with Crippen LogP contribution in [0.25, 0.3) is 6.08 Å². The van der Waals surface area contributed by atoms with E-state index in [0.29, 0.717) is 5.56 Å². The minimum atomic E-state index is -5.60. The monoisotopic (exact) mass is 502 g/mol. The van der Waals surface area contributed by atoms with Gasteiger partial charge in [-0.2, -0.15) is 22.0 Å². The predicted molar refractivity (Wildman–Crippen MR) is 115 cm³/mol. The smallest absolute Gasteiger partial charge is 0.453 e. The zero-order chi connectivity index (χ0) is 26.3. The van der Waals surface area contributed by atoms with Crippen molar-refractivity contribution < 1.29 is 51.2 Å². The molecule has 0 spiro atoms. The number of hydrogen-bond acceptors (Lipinski definition) is 6. The minimum absolute atomic E-state index is 0.141. The van der Waals surface area contributed by atoms with Crippen LogP contribution in [0.4, 0.5) is 22.0 Å². The summed E-state index contributed by atoms with van der Waals surface area (Å²) in [6.07, 6.45) is -5.30. The number of ether oxygens (including phenoxy) is 2. The highest BCUT2D eigenvalue weighted by atomic mass is 19.4. The molecule has 0 heterocycles. The standard InChI is InChI=1S/C24H23F5O6/c1-2-22(32,33)20(30)13-6-16-4-7-17(8-5-16)21(31)35-19-11-9-18(10-12-19)34-15-3-14-23(25,26)24(27,28)29/h4-13,32-33H,2-3,14-15H2,1H3/b13-6+. The fraction of sp³-hybridized carbons (Fsp3) is 0.333. The quantitative estimate of drug-likeness (QED) is 0.113. The number of halogens is 5. The van der Waals surface area contributed by atoms with E-state index >= 15 is 0 Å². The van der Waals surface area contributed by atoms with Crippen LogP contribution < -0.4 is 9.47 Å². The number of carbonyl (C=O) groups is 2. The van der Waals surface area contributed by atoms with Crippen LogP contribution in [0.2, 0.25) is 0 Å². The maximum atomic E-state index is 12.9. The lowest BCUT2D eigenvalue weighted by Crippen LogP contribution is -2.36. The summed E-state index contributed by atoms with van der Waals surface area (Å²) in [6.45, 7) is 1.09. The molecule has 0 bridgehead atoms. The van der Waals surface area contributed by atoms with Crippen LogP contribution in [-0.2, 0) is 4.79 Å². The molecule has 0 aliphatic rings. The third-order valence-corrected chi connectivity index (χ3v) is 4.81. The lowest BCUT2D eigenvalue weighted by molar-refractivity contribution is -0.284. The molecule has 0 atom stereocenters. The van der Waals surface area contributed by atoms with Gasteiger partial charge < -0.3 is 19.7 Å². The van der Waals surface area contributed by atoms with Gasteiger partial charge in [0.15, 0.2) is 0 Å². The van der Waals surface area contributed by atoms with Crippen molar-refractivity contribution in [2.45, 2.75) is 44.1 Å². The van der Waals surface area contributed by atoms with E-state index in [4.69, 9.17) is 9.47 Å². The van der Waals surface area contributed by atoms with Crippen molar-refractivity contribution >= 4 is 17.8 Å². The van der Waals surface area contributed by atoms with Gasteiger partial charge >= 0.3 is 18.1 Å². The molecule has 0 fully saturated rings. The van der Waals surface area contributed by atoms with Gasteiger partial charge in [0, 0.05) is 12.8 Å². The highest BCUT2D eigenvalue weighted by Gasteiger charge is 2.56. The predicted octanol–water partition coefficient (Wildman–Crippen LogP) is 4.94. The van der Waals surface area contributed by atoms with Gasteiger partial charge in [-0.3, -0.25) is 4.79 Å². The molecular formula is C24H23F5O6. The average Bonchev–Trinajstić information content (AvgIpc) is 2.80. The highest BCUT2D eigenvalue weighted by Crippen LogP contribution is 2.38. The van der Waals surface area contributed by atoms with Gasteiger partial charge in [0.05, 0.1) is 12.2 Å². The first kappa shape index (κ1) is 27.9. The van der Waals surface area contributed by atoms with Crippen molar-refractivity contribution in [2.24, 2.45) is 0 Å². The second kappa shape index (κ2) is 11.4. The van der Waals surface area contributed by atoms with Crippen molar-refractivity contribution in [2.75, 3.05) is 6.61 Å². The first-order valence-corrected chi connectivity index (χ1v) is 10.4. The highest BCUT2D eigenvalue weighted by molar-refractivity contribution is 5.98. The van der Waals surface area contributed by atoms with Gasteiger partial charge in [-0.25, -0.2) is 4.79 Å². The molecular weight excluding hydrogens is 479 g/mol. The number of alkyl halides is 5. The SMILES string of the molecule is CCC(O)(O)C(=O)/C=C/c1ccc(C(=O)Oc2ccc(OCCCC(F)(F)C(F)(F)F)cc2)cc1. The van der Waals surface area contributed by atoms with E-state index in [9.17, 15) is 41.8 Å². The van der Waals surface area contributed by atoms with Gasteiger partial charge in [0.1, 0.15) is 11.5 Å². The summed E-state index contributed by atoms with van der Waals surface area (Å²) in [5, 5.41) is 18.9. The van der Waals surface area contributed by atoms with E-state index in [1.807, 2.05) is 0 Å². The Morgan fingerprint density at radius 1 is 0.914 bits per heavy atom. The van der Waals surface area contributed by atoms with E-state index in [-0.39, 0.29) is 30.1 Å². The van der Waals surface area contributed by atoms with Gasteiger partial charge in [0.2, 0.25) is 11.6 Å². The molecule has 0 aromatic heterocycles. The molecule has 2 aromatic rings. The zero-order valence-electron chi connectivity index (χ0n) is 18.5. The zero-order valence-corrected chi connectivity index (χ0v) is 18.5. The molecule has 0 amide bonds. The van der Waals surface area contributed by atoms with Gasteiger partial charge in [0.25, 0.3) is 0 Å². The number of carbonyl (C=O) groups excluding carboxylic acids is 2. The summed E-state index contributed by atoms with van der Waals surface area (Å²) in [5.74, 6) is -8.46. The maximum Gasteiger partial charge on any atom is 0.453 e. The van der Waals surface area contributed by atoms with Crippen molar-refractivity contribution in [1.29, 1.82) is 0 Å². The van der Waals surface area contributed by atoms with E-state index < -0.39 is 42.5 Å². The van der Waals surface area contributed by atoms with Gasteiger partial charge in [-0.1, -0.05) is 25.1 Å². The van der Waals surface area contributed by atoms with Crippen molar-refractivity contribution in [1.82, 2.24) is 0 Å². The van der Waals surface area contributed by atoms with E-state index in [2.05, 4.69) is 0 Å². The maximum absolute atomic E-state index is 12.9. The van der Waals surface area contributed by atoms with Crippen molar-refractivity contribution in [3.8, 4) is 11.5 Å². The van der Waals surface area contributed by atoms with E-state index in [1.165, 1.54) is 61.5 Å². The number of aliphatic hydroxyl groups is 2. The lowest BCUT2D eigenvalue weighted by Gasteiger charge is -2.19. The lowest BCUT2D eigenvalue weighted by atomic mass is 10.1. The minimum Gasteiger partial charge on any atom is -0.494 e. The van der Waals surface area contributed by atoms with Crippen LogP contribution in [0, 0.1) is 0 Å². The number of hydrogen-bond donors (Lipinski definition) is 2. The molecule has 0 unspecified atom stereocenters. The largest absolute Gasteiger partial charge is 0.494 e. The Kier molecular flexibility index (Phi) is 9.11. The molecule has 190 valence electrons. The summed E-state index contributed by atoms with van der Waals surface area (Å²) in [4.78, 5) is 24.0. The van der Waals surface area contributed by atoms with E-state index in [0.717, 1.165) is 6.08 Å². The molecule has 0 saturated heterocycles. The fourth-order valence-corrected chi connectivity index (χ4v) is 2.61. The Balaban J connectivity index is 1.86. The molecule has 0 radical (unpaired) electrons. The Hall–Kier alpha value is -3.31. The second-order valence-electron chi connectivity index (χ2n) is 7.50. The Bertz CT molecular complexity index is 1030. The normalized spacial score (nSPS) is 12.6. The van der Waals surface area contributed by atoms with Crippen LogP contribution in [0.3, 0.4) is 0 Å². The first-order valence-electron chi connectivity index (χ1n) is 10.4. The van der Waals surface area contributed by atoms with Crippen LogP contribution in [-0.4, -0.2) is 46.5 Å². The Labute approximate surface area is 197 Å². The molecule has 0 saturated carbocycles. The van der Waals surface area contributed by atoms with Crippen LogP contribution >= 0.6 is 0 Å². The number of esters is 1. The molecule has 11 heteroatoms. The molecule has 0 aliphatic heterocycles. The molecule has 2 aromatic carbocycles. The van der Waals surface area contributed by atoms with Crippen LogP contribution in [0.5, 0.6) is 11.5 Å².